The van der Waals surface area contributed by atoms with Crippen LogP contribution >= 0.6 is 0 Å². The minimum Gasteiger partial charge on any atom is -0.383 e. The summed E-state index contributed by atoms with van der Waals surface area (Å²) in [5.41, 5.74) is 7.19. The van der Waals surface area contributed by atoms with Gasteiger partial charge in [0.25, 0.3) is 0 Å². The number of pyridine rings is 1. The van der Waals surface area contributed by atoms with Crippen LogP contribution in [0.5, 0.6) is 0 Å². The van der Waals surface area contributed by atoms with Gasteiger partial charge in [-0.25, -0.2) is 4.98 Å². The van der Waals surface area contributed by atoms with E-state index in [9.17, 15) is 0 Å². The normalized spacial score (nSPS) is 16.4. The summed E-state index contributed by atoms with van der Waals surface area (Å²) in [5.74, 6) is 1.06. The molecule has 0 amide bonds. The largest absolute Gasteiger partial charge is 0.383 e. The summed E-state index contributed by atoms with van der Waals surface area (Å²) in [7, 11) is 1.74. The molecule has 0 aromatic carbocycles. The van der Waals surface area contributed by atoms with Gasteiger partial charge in [-0.05, 0) is 37.3 Å². The van der Waals surface area contributed by atoms with Crippen LogP contribution < -0.4 is 10.6 Å². The molecule has 0 radical (unpaired) electrons. The molecule has 19 heavy (non-hydrogen) atoms. The summed E-state index contributed by atoms with van der Waals surface area (Å²) in [6.07, 6.45) is 6.42. The zero-order chi connectivity index (χ0) is 13.7. The molecule has 106 valence electrons. The van der Waals surface area contributed by atoms with Crippen LogP contribution in [0.15, 0.2) is 18.3 Å². The third-order valence-electron chi connectivity index (χ3n) is 3.65. The number of nitrogens with zero attached hydrogens (tertiary/aromatic N) is 2. The Morgan fingerprint density at radius 3 is 2.79 bits per heavy atom. The summed E-state index contributed by atoms with van der Waals surface area (Å²) in [4.78, 5) is 6.95. The van der Waals surface area contributed by atoms with Crippen LogP contribution in [-0.4, -0.2) is 37.3 Å². The number of aromatic nitrogens is 1. The Hall–Kier alpha value is -1.13. The van der Waals surface area contributed by atoms with E-state index in [1.807, 2.05) is 6.20 Å². The van der Waals surface area contributed by atoms with Gasteiger partial charge in [0.15, 0.2) is 0 Å². The van der Waals surface area contributed by atoms with Crippen LogP contribution in [0.4, 0.5) is 5.82 Å². The molecule has 1 atom stereocenters. The first-order valence-electron chi connectivity index (χ1n) is 7.20. The lowest BCUT2D eigenvalue weighted by molar-refractivity contribution is 0.204. The van der Waals surface area contributed by atoms with Crippen molar-refractivity contribution in [1.29, 1.82) is 0 Å². The van der Waals surface area contributed by atoms with Crippen molar-refractivity contribution in [2.75, 3.05) is 25.2 Å². The third-order valence-corrected chi connectivity index (χ3v) is 3.65. The average molecular weight is 263 g/mol. The molecule has 4 heteroatoms. The molecule has 1 aromatic heterocycles. The number of hydrogen-bond acceptors (Lipinski definition) is 4. The lowest BCUT2D eigenvalue weighted by Crippen LogP contribution is -2.30. The van der Waals surface area contributed by atoms with Crippen molar-refractivity contribution in [3.63, 3.8) is 0 Å². The average Bonchev–Trinajstić information content (AvgIpc) is 3.25. The molecule has 0 saturated heterocycles. The minimum absolute atomic E-state index is 0.237. The van der Waals surface area contributed by atoms with Crippen LogP contribution in [0.25, 0.3) is 0 Å². The molecule has 4 nitrogen and oxygen atoms in total. The number of anilines is 1. The second-order valence-electron chi connectivity index (χ2n) is 5.31. The van der Waals surface area contributed by atoms with Gasteiger partial charge in [-0.1, -0.05) is 13.0 Å². The summed E-state index contributed by atoms with van der Waals surface area (Å²) < 4.78 is 5.18. The van der Waals surface area contributed by atoms with Crippen LogP contribution in [0.2, 0.25) is 0 Å². The number of ether oxygens (including phenoxy) is 1. The standard InChI is InChI=1S/C15H25N3O/c1-3-13(16)10-12-4-7-15(17-11-12)18(8-9-19-2)14-5-6-14/h4,7,11,13-14H,3,5-6,8-10,16H2,1-2H3. The molecule has 0 aliphatic heterocycles. The van der Waals surface area contributed by atoms with E-state index in [4.69, 9.17) is 10.5 Å². The lowest BCUT2D eigenvalue weighted by atomic mass is 10.1. The van der Waals surface area contributed by atoms with E-state index in [-0.39, 0.29) is 6.04 Å². The predicted octanol–water partition coefficient (Wildman–Crippen LogP) is 1.98. The molecule has 2 N–H and O–H groups in total. The summed E-state index contributed by atoms with van der Waals surface area (Å²) in [6.45, 7) is 3.79. The smallest absolute Gasteiger partial charge is 0.128 e. The fourth-order valence-electron chi connectivity index (χ4n) is 2.21. The van der Waals surface area contributed by atoms with E-state index in [1.54, 1.807) is 7.11 Å². The van der Waals surface area contributed by atoms with Crippen LogP contribution in [0.3, 0.4) is 0 Å². The molecule has 0 spiro atoms. The fraction of sp³-hybridized carbons (Fsp3) is 0.667. The first-order chi connectivity index (χ1) is 9.24. The highest BCUT2D eigenvalue weighted by Crippen LogP contribution is 2.30. The second-order valence-corrected chi connectivity index (χ2v) is 5.31. The van der Waals surface area contributed by atoms with Crippen molar-refractivity contribution < 1.29 is 4.74 Å². The molecule has 1 aliphatic rings. The zero-order valence-corrected chi connectivity index (χ0v) is 12.0. The highest BCUT2D eigenvalue weighted by molar-refractivity contribution is 5.42. The fourth-order valence-corrected chi connectivity index (χ4v) is 2.21. The Morgan fingerprint density at radius 2 is 2.26 bits per heavy atom. The third kappa shape index (κ3) is 4.18. The molecule has 1 fully saturated rings. The highest BCUT2D eigenvalue weighted by Gasteiger charge is 2.29. The van der Waals surface area contributed by atoms with Gasteiger partial charge in [-0.15, -0.1) is 0 Å². The first-order valence-corrected chi connectivity index (χ1v) is 7.20. The van der Waals surface area contributed by atoms with Gasteiger partial charge < -0.3 is 15.4 Å². The van der Waals surface area contributed by atoms with E-state index in [1.165, 1.54) is 18.4 Å². The molecule has 0 bridgehead atoms. The number of hydrogen-bond donors (Lipinski definition) is 1. The van der Waals surface area contributed by atoms with Crippen molar-refractivity contribution >= 4 is 5.82 Å². The quantitative estimate of drug-likeness (QED) is 0.779. The maximum absolute atomic E-state index is 5.97. The summed E-state index contributed by atoms with van der Waals surface area (Å²) >= 11 is 0. The van der Waals surface area contributed by atoms with E-state index >= 15 is 0 Å². The van der Waals surface area contributed by atoms with E-state index in [2.05, 4.69) is 28.9 Å². The Kier molecular flexibility index (Phi) is 5.16. The summed E-state index contributed by atoms with van der Waals surface area (Å²) in [5, 5.41) is 0. The Bertz CT molecular complexity index is 375. The molecular formula is C15H25N3O. The van der Waals surface area contributed by atoms with Crippen molar-refractivity contribution in [2.45, 2.75) is 44.7 Å². The highest BCUT2D eigenvalue weighted by atomic mass is 16.5. The summed E-state index contributed by atoms with van der Waals surface area (Å²) in [6, 6.07) is 5.17. The van der Waals surface area contributed by atoms with Gasteiger partial charge in [0.1, 0.15) is 5.82 Å². The molecule has 2 rings (SSSR count). The second kappa shape index (κ2) is 6.87. The van der Waals surface area contributed by atoms with Gasteiger partial charge >= 0.3 is 0 Å². The molecule has 1 aromatic rings. The number of nitrogens with two attached hydrogens (primary N) is 1. The minimum atomic E-state index is 0.237. The van der Waals surface area contributed by atoms with Gasteiger partial charge in [0, 0.05) is 31.9 Å². The van der Waals surface area contributed by atoms with Gasteiger partial charge in [-0.2, -0.15) is 0 Å². The SMILES string of the molecule is CCC(N)Cc1ccc(N(CCOC)C2CC2)nc1. The van der Waals surface area contributed by atoms with Gasteiger partial charge in [0.05, 0.1) is 6.61 Å². The molecular weight excluding hydrogens is 238 g/mol. The van der Waals surface area contributed by atoms with Crippen molar-refractivity contribution in [2.24, 2.45) is 5.73 Å². The first kappa shape index (κ1) is 14.3. The molecule has 1 heterocycles. The Balaban J connectivity index is 1.98. The Morgan fingerprint density at radius 1 is 1.47 bits per heavy atom. The molecule has 1 unspecified atom stereocenters. The topological polar surface area (TPSA) is 51.4 Å². The molecule has 1 saturated carbocycles. The Labute approximate surface area is 116 Å². The predicted molar refractivity (Wildman–Crippen MR) is 78.5 cm³/mol. The maximum atomic E-state index is 5.97. The van der Waals surface area contributed by atoms with Crippen molar-refractivity contribution in [3.05, 3.63) is 23.9 Å². The van der Waals surface area contributed by atoms with Crippen LogP contribution in [-0.2, 0) is 11.2 Å². The lowest BCUT2D eigenvalue weighted by Gasteiger charge is -2.23. The molecule has 1 aliphatic carbocycles. The van der Waals surface area contributed by atoms with Gasteiger partial charge in [-0.3, -0.25) is 0 Å². The maximum Gasteiger partial charge on any atom is 0.128 e. The monoisotopic (exact) mass is 263 g/mol. The van der Waals surface area contributed by atoms with Crippen LogP contribution in [0.1, 0.15) is 31.7 Å². The van der Waals surface area contributed by atoms with E-state index in [0.717, 1.165) is 31.8 Å². The number of rotatable bonds is 8. The van der Waals surface area contributed by atoms with Crippen molar-refractivity contribution in [1.82, 2.24) is 4.98 Å². The number of methoxy groups -OCH3 is 1. The van der Waals surface area contributed by atoms with E-state index < -0.39 is 0 Å². The van der Waals surface area contributed by atoms with Gasteiger partial charge in [0.2, 0.25) is 0 Å². The van der Waals surface area contributed by atoms with Crippen molar-refractivity contribution in [3.8, 4) is 0 Å². The van der Waals surface area contributed by atoms with E-state index in [0.29, 0.717) is 6.04 Å². The zero-order valence-electron chi connectivity index (χ0n) is 12.0. The van der Waals surface area contributed by atoms with Crippen LogP contribution in [0, 0.1) is 0 Å².